The van der Waals surface area contributed by atoms with Gasteiger partial charge in [-0.05, 0) is 62.8 Å². The molecule has 2 aliphatic rings. The molecule has 4 rings (SSSR count). The number of hydrogen-bond acceptors (Lipinski definition) is 4. The average Bonchev–Trinajstić information content (AvgIpc) is 3.13. The van der Waals surface area contributed by atoms with E-state index in [0.717, 1.165) is 48.7 Å². The summed E-state index contributed by atoms with van der Waals surface area (Å²) < 4.78 is 2.18. The van der Waals surface area contributed by atoms with Gasteiger partial charge in [0.25, 0.3) is 0 Å². The molecule has 1 aromatic heterocycles. The predicted molar refractivity (Wildman–Crippen MR) is 100 cm³/mol. The third kappa shape index (κ3) is 3.72. The van der Waals surface area contributed by atoms with Gasteiger partial charge in [0.15, 0.2) is 5.82 Å². The van der Waals surface area contributed by atoms with Crippen LogP contribution >= 0.6 is 0 Å². The number of aromatic nitrogens is 3. The first-order chi connectivity index (χ1) is 13.1. The monoisotopic (exact) mass is 368 g/mol. The van der Waals surface area contributed by atoms with Crippen LogP contribution in [0.1, 0.15) is 44.3 Å². The number of aryl methyl sites for hydroxylation is 1. The zero-order chi connectivity index (χ0) is 18.8. The number of fused-ring (bicyclic) bond motifs is 1. The molecule has 2 heterocycles. The first-order valence-corrected chi connectivity index (χ1v) is 9.68. The Balaban J connectivity index is 1.39. The highest BCUT2D eigenvalue weighted by atomic mass is 16.4. The van der Waals surface area contributed by atoms with E-state index in [-0.39, 0.29) is 17.7 Å². The van der Waals surface area contributed by atoms with Crippen molar-refractivity contribution in [1.29, 1.82) is 0 Å². The van der Waals surface area contributed by atoms with Crippen molar-refractivity contribution in [3.8, 4) is 11.4 Å². The summed E-state index contributed by atoms with van der Waals surface area (Å²) in [4.78, 5) is 23.5. The lowest BCUT2D eigenvalue weighted by molar-refractivity contribution is -0.143. The molecule has 1 amide bonds. The number of carbonyl (C=O) groups is 2. The van der Waals surface area contributed by atoms with Gasteiger partial charge in [-0.2, -0.15) is 0 Å². The normalized spacial score (nSPS) is 22.1. The largest absolute Gasteiger partial charge is 0.481 e. The zero-order valence-corrected chi connectivity index (χ0v) is 15.2. The smallest absolute Gasteiger partial charge is 0.306 e. The van der Waals surface area contributed by atoms with Gasteiger partial charge >= 0.3 is 5.97 Å². The third-order valence-electron chi connectivity index (χ3n) is 5.72. The number of carboxylic acids is 1. The van der Waals surface area contributed by atoms with E-state index in [9.17, 15) is 9.59 Å². The molecular weight excluding hydrogens is 344 g/mol. The summed E-state index contributed by atoms with van der Waals surface area (Å²) in [6.07, 6.45) is 5.70. The Labute approximate surface area is 157 Å². The van der Waals surface area contributed by atoms with Crippen LogP contribution in [0.3, 0.4) is 0 Å². The van der Waals surface area contributed by atoms with Crippen molar-refractivity contribution in [1.82, 2.24) is 14.8 Å². The fourth-order valence-electron chi connectivity index (χ4n) is 4.07. The molecular formula is C20H24N4O3. The number of hydrogen-bond donors (Lipinski definition) is 2. The molecule has 0 atom stereocenters. The minimum absolute atomic E-state index is 0.0218. The molecule has 7 nitrogen and oxygen atoms in total. The molecule has 0 bridgehead atoms. The molecule has 1 saturated carbocycles. The summed E-state index contributed by atoms with van der Waals surface area (Å²) in [5, 5.41) is 20.6. The molecule has 1 aliphatic carbocycles. The summed E-state index contributed by atoms with van der Waals surface area (Å²) in [6.45, 7) is 0.954. The molecule has 2 aromatic rings. The second kappa shape index (κ2) is 7.50. The topological polar surface area (TPSA) is 97.1 Å². The highest BCUT2D eigenvalue weighted by molar-refractivity contribution is 5.92. The van der Waals surface area contributed by atoms with Crippen LogP contribution in [0.5, 0.6) is 0 Å². The fourth-order valence-corrected chi connectivity index (χ4v) is 4.07. The van der Waals surface area contributed by atoms with E-state index < -0.39 is 5.97 Å². The van der Waals surface area contributed by atoms with E-state index in [1.165, 1.54) is 0 Å². The van der Waals surface area contributed by atoms with E-state index in [0.29, 0.717) is 25.7 Å². The van der Waals surface area contributed by atoms with Gasteiger partial charge in [0, 0.05) is 30.1 Å². The fraction of sp³-hybridized carbons (Fsp3) is 0.500. The standard InChI is InChI=1S/C20H24N4O3/c25-19(14-4-6-15(7-5-14)20(26)27)21-16-10-8-13(9-11-16)18-23-22-17-3-1-2-12-24(17)18/h8-11,14-15H,1-7,12H2,(H,21,25)(H,26,27). The maximum atomic E-state index is 12.5. The number of amides is 1. The Morgan fingerprint density at radius 1 is 1.00 bits per heavy atom. The Morgan fingerprint density at radius 2 is 1.70 bits per heavy atom. The van der Waals surface area contributed by atoms with Crippen LogP contribution < -0.4 is 5.32 Å². The number of carboxylic acid groups (broad SMARTS) is 1. The zero-order valence-electron chi connectivity index (χ0n) is 15.2. The maximum Gasteiger partial charge on any atom is 0.306 e. The average molecular weight is 368 g/mol. The minimum Gasteiger partial charge on any atom is -0.481 e. The van der Waals surface area contributed by atoms with Crippen molar-refractivity contribution in [3.63, 3.8) is 0 Å². The second-order valence-electron chi connectivity index (χ2n) is 7.50. The lowest BCUT2D eigenvalue weighted by Crippen LogP contribution is -2.29. The highest BCUT2D eigenvalue weighted by Crippen LogP contribution is 2.30. The SMILES string of the molecule is O=C(O)C1CCC(C(=O)Nc2ccc(-c3nnc4n3CCCC4)cc2)CC1. The molecule has 0 radical (unpaired) electrons. The summed E-state index contributed by atoms with van der Waals surface area (Å²) in [5.74, 6) is 0.748. The van der Waals surface area contributed by atoms with Crippen LogP contribution in [0.15, 0.2) is 24.3 Å². The van der Waals surface area contributed by atoms with Crippen molar-refractivity contribution in [2.24, 2.45) is 11.8 Å². The highest BCUT2D eigenvalue weighted by Gasteiger charge is 2.29. The van der Waals surface area contributed by atoms with Gasteiger partial charge in [-0.3, -0.25) is 9.59 Å². The van der Waals surface area contributed by atoms with Crippen LogP contribution in [-0.4, -0.2) is 31.7 Å². The summed E-state index contributed by atoms with van der Waals surface area (Å²) in [5.41, 5.74) is 1.75. The van der Waals surface area contributed by atoms with Crippen molar-refractivity contribution in [2.75, 3.05) is 5.32 Å². The summed E-state index contributed by atoms with van der Waals surface area (Å²) in [6, 6.07) is 7.70. The van der Waals surface area contributed by atoms with Crippen LogP contribution in [0.2, 0.25) is 0 Å². The number of anilines is 1. The Morgan fingerprint density at radius 3 is 2.41 bits per heavy atom. The van der Waals surface area contributed by atoms with Gasteiger partial charge < -0.3 is 15.0 Å². The number of aliphatic carboxylic acids is 1. The molecule has 0 saturated heterocycles. The first kappa shape index (κ1) is 17.7. The van der Waals surface area contributed by atoms with E-state index in [1.54, 1.807) is 0 Å². The quantitative estimate of drug-likeness (QED) is 0.864. The second-order valence-corrected chi connectivity index (χ2v) is 7.50. The molecule has 142 valence electrons. The molecule has 1 aliphatic heterocycles. The van der Waals surface area contributed by atoms with Crippen LogP contribution in [0.4, 0.5) is 5.69 Å². The van der Waals surface area contributed by atoms with Crippen molar-refractivity contribution >= 4 is 17.6 Å². The number of benzene rings is 1. The van der Waals surface area contributed by atoms with Gasteiger partial charge in [0.05, 0.1) is 5.92 Å². The van der Waals surface area contributed by atoms with Crippen molar-refractivity contribution < 1.29 is 14.7 Å². The lowest BCUT2D eigenvalue weighted by Gasteiger charge is -2.25. The summed E-state index contributed by atoms with van der Waals surface area (Å²) >= 11 is 0. The van der Waals surface area contributed by atoms with Crippen LogP contribution in [-0.2, 0) is 22.6 Å². The predicted octanol–water partition coefficient (Wildman–Crippen LogP) is 3.11. The number of nitrogens with zero attached hydrogens (tertiary/aromatic N) is 3. The number of nitrogens with one attached hydrogen (secondary N) is 1. The van der Waals surface area contributed by atoms with Gasteiger partial charge in [-0.25, -0.2) is 0 Å². The van der Waals surface area contributed by atoms with Crippen molar-refractivity contribution in [3.05, 3.63) is 30.1 Å². The molecule has 1 aromatic carbocycles. The third-order valence-corrected chi connectivity index (χ3v) is 5.72. The van der Waals surface area contributed by atoms with Crippen molar-refractivity contribution in [2.45, 2.75) is 51.5 Å². The number of carbonyl (C=O) groups excluding carboxylic acids is 1. The van der Waals surface area contributed by atoms with E-state index >= 15 is 0 Å². The maximum absolute atomic E-state index is 12.5. The Bertz CT molecular complexity index is 835. The lowest BCUT2D eigenvalue weighted by atomic mass is 9.81. The Kier molecular flexibility index (Phi) is 4.92. The molecule has 7 heteroatoms. The van der Waals surface area contributed by atoms with Gasteiger partial charge in [-0.1, -0.05) is 0 Å². The van der Waals surface area contributed by atoms with Gasteiger partial charge in [0.1, 0.15) is 5.82 Å². The van der Waals surface area contributed by atoms with Crippen LogP contribution in [0, 0.1) is 11.8 Å². The number of rotatable bonds is 4. The minimum atomic E-state index is -0.750. The molecule has 0 spiro atoms. The Hall–Kier alpha value is -2.70. The molecule has 0 unspecified atom stereocenters. The van der Waals surface area contributed by atoms with E-state index in [4.69, 9.17) is 5.11 Å². The summed E-state index contributed by atoms with van der Waals surface area (Å²) in [7, 11) is 0. The van der Waals surface area contributed by atoms with Crippen LogP contribution in [0.25, 0.3) is 11.4 Å². The van der Waals surface area contributed by atoms with Gasteiger partial charge in [0.2, 0.25) is 5.91 Å². The van der Waals surface area contributed by atoms with Gasteiger partial charge in [-0.15, -0.1) is 10.2 Å². The molecule has 1 fully saturated rings. The first-order valence-electron chi connectivity index (χ1n) is 9.68. The van der Waals surface area contributed by atoms with E-state index in [2.05, 4.69) is 20.1 Å². The molecule has 27 heavy (non-hydrogen) atoms. The van der Waals surface area contributed by atoms with E-state index in [1.807, 2.05) is 24.3 Å². The molecule has 2 N–H and O–H groups in total.